The second-order valence-electron chi connectivity index (χ2n) is 5.10. The monoisotopic (exact) mass is 300 g/mol. The summed E-state index contributed by atoms with van der Waals surface area (Å²) in [4.78, 5) is 15.8. The molecule has 2 rings (SSSR count). The number of aliphatic hydroxyl groups is 3. The van der Waals surface area contributed by atoms with Crippen molar-refractivity contribution in [1.82, 2.24) is 9.55 Å². The molecule has 4 atom stereocenters. The lowest BCUT2D eigenvalue weighted by Crippen LogP contribution is -2.46. The standard InChI is InChI=1S/C12H20N4O5/c1-12(20)9(18)7(6-17)21-10(12)16-5-2-8(14-4-3-13)15-11(16)19/h2,5,7,9-10,17-18,20H,3-4,6,13H2,1H3,(H,14,15,19)/t7-,9-,10-,12-/m1/s1. The SMILES string of the molecule is C[C@@]1(O)[C@H](O)[C@@H](CO)O[C@H]1n1ccc(NCCN)nc1=O. The molecule has 0 spiro atoms. The van der Waals surface area contributed by atoms with Crippen molar-refractivity contribution >= 4 is 5.82 Å². The minimum atomic E-state index is -1.72. The molecule has 1 aliphatic rings. The fourth-order valence-electron chi connectivity index (χ4n) is 2.28. The summed E-state index contributed by atoms with van der Waals surface area (Å²) in [5.41, 5.74) is 2.98. The highest BCUT2D eigenvalue weighted by molar-refractivity contribution is 5.31. The molecule has 0 unspecified atom stereocenters. The van der Waals surface area contributed by atoms with Crippen molar-refractivity contribution in [2.24, 2.45) is 5.73 Å². The van der Waals surface area contributed by atoms with Crippen LogP contribution in [0.25, 0.3) is 0 Å². The molecule has 1 saturated heterocycles. The Labute approximate surface area is 121 Å². The second-order valence-corrected chi connectivity index (χ2v) is 5.10. The van der Waals surface area contributed by atoms with Crippen molar-refractivity contribution in [3.8, 4) is 0 Å². The number of aliphatic hydroxyl groups excluding tert-OH is 2. The van der Waals surface area contributed by atoms with Crippen molar-refractivity contribution in [3.63, 3.8) is 0 Å². The van der Waals surface area contributed by atoms with Crippen LogP contribution in [0.3, 0.4) is 0 Å². The first-order valence-electron chi connectivity index (χ1n) is 6.61. The highest BCUT2D eigenvalue weighted by Crippen LogP contribution is 2.37. The van der Waals surface area contributed by atoms with Crippen LogP contribution in [-0.2, 0) is 4.74 Å². The molecule has 9 nitrogen and oxygen atoms in total. The minimum absolute atomic E-state index is 0.360. The van der Waals surface area contributed by atoms with Gasteiger partial charge >= 0.3 is 5.69 Å². The summed E-state index contributed by atoms with van der Waals surface area (Å²) >= 11 is 0. The van der Waals surface area contributed by atoms with Crippen LogP contribution in [-0.4, -0.2) is 62.4 Å². The summed E-state index contributed by atoms with van der Waals surface area (Å²) in [7, 11) is 0. The summed E-state index contributed by atoms with van der Waals surface area (Å²) in [6, 6.07) is 1.54. The van der Waals surface area contributed by atoms with Gasteiger partial charge in [0.2, 0.25) is 0 Å². The van der Waals surface area contributed by atoms with Gasteiger partial charge in [0.05, 0.1) is 6.61 Å². The first-order valence-corrected chi connectivity index (χ1v) is 6.61. The first kappa shape index (κ1) is 15.9. The Bertz CT molecular complexity index is 547. The number of ether oxygens (including phenoxy) is 1. The molecule has 6 N–H and O–H groups in total. The topological polar surface area (TPSA) is 143 Å². The average Bonchev–Trinajstić information content (AvgIpc) is 2.68. The van der Waals surface area contributed by atoms with Crippen LogP contribution in [0, 0.1) is 0 Å². The zero-order chi connectivity index (χ0) is 15.6. The third-order valence-corrected chi connectivity index (χ3v) is 3.47. The molecule has 0 aromatic carbocycles. The summed E-state index contributed by atoms with van der Waals surface area (Å²) in [6.07, 6.45) is -2.01. The van der Waals surface area contributed by atoms with Crippen LogP contribution in [0.4, 0.5) is 5.82 Å². The van der Waals surface area contributed by atoms with E-state index in [4.69, 9.17) is 15.6 Å². The van der Waals surface area contributed by atoms with Gasteiger partial charge in [0.15, 0.2) is 6.23 Å². The van der Waals surface area contributed by atoms with E-state index in [-0.39, 0.29) is 0 Å². The number of hydrogen-bond acceptors (Lipinski definition) is 8. The van der Waals surface area contributed by atoms with Gasteiger partial charge in [-0.15, -0.1) is 0 Å². The predicted molar refractivity (Wildman–Crippen MR) is 73.7 cm³/mol. The maximum Gasteiger partial charge on any atom is 0.351 e. The first-order chi connectivity index (χ1) is 9.91. The molecule has 0 amide bonds. The molecule has 21 heavy (non-hydrogen) atoms. The number of nitrogens with two attached hydrogens (primary N) is 1. The molecule has 1 fully saturated rings. The van der Waals surface area contributed by atoms with Gasteiger partial charge in [0, 0.05) is 19.3 Å². The Morgan fingerprint density at radius 1 is 1.62 bits per heavy atom. The van der Waals surface area contributed by atoms with E-state index in [2.05, 4.69) is 10.3 Å². The smallest absolute Gasteiger partial charge is 0.351 e. The fourth-order valence-corrected chi connectivity index (χ4v) is 2.28. The quantitative estimate of drug-likeness (QED) is 0.405. The molecule has 1 aliphatic heterocycles. The molecule has 0 radical (unpaired) electrons. The van der Waals surface area contributed by atoms with Gasteiger partial charge in [-0.3, -0.25) is 4.57 Å². The van der Waals surface area contributed by atoms with Crippen LogP contribution in [0.5, 0.6) is 0 Å². The number of nitrogens with zero attached hydrogens (tertiary/aromatic N) is 2. The fraction of sp³-hybridized carbons (Fsp3) is 0.667. The summed E-state index contributed by atoms with van der Waals surface area (Å²) in [5, 5.41) is 32.2. The lowest BCUT2D eigenvalue weighted by Gasteiger charge is -2.27. The Morgan fingerprint density at radius 3 is 2.86 bits per heavy atom. The van der Waals surface area contributed by atoms with Crippen LogP contribution >= 0.6 is 0 Å². The third kappa shape index (κ3) is 2.92. The van der Waals surface area contributed by atoms with E-state index in [1.165, 1.54) is 19.2 Å². The molecule has 0 aliphatic carbocycles. The maximum atomic E-state index is 12.0. The average molecular weight is 300 g/mol. The molecule has 2 heterocycles. The molecule has 0 saturated carbocycles. The number of anilines is 1. The van der Waals surface area contributed by atoms with E-state index in [0.29, 0.717) is 18.9 Å². The van der Waals surface area contributed by atoms with E-state index in [1.807, 2.05) is 0 Å². The lowest BCUT2D eigenvalue weighted by molar-refractivity contribution is -0.0986. The van der Waals surface area contributed by atoms with Crippen molar-refractivity contribution in [2.75, 3.05) is 25.0 Å². The van der Waals surface area contributed by atoms with Gasteiger partial charge in [0.1, 0.15) is 23.6 Å². The van der Waals surface area contributed by atoms with Crippen LogP contribution < -0.4 is 16.7 Å². The molecule has 1 aromatic heterocycles. The van der Waals surface area contributed by atoms with Crippen LogP contribution in [0.2, 0.25) is 0 Å². The zero-order valence-corrected chi connectivity index (χ0v) is 11.6. The van der Waals surface area contributed by atoms with E-state index in [1.54, 1.807) is 0 Å². The van der Waals surface area contributed by atoms with Crippen LogP contribution in [0.1, 0.15) is 13.2 Å². The van der Waals surface area contributed by atoms with Crippen molar-refractivity contribution in [1.29, 1.82) is 0 Å². The number of nitrogens with one attached hydrogen (secondary N) is 1. The Morgan fingerprint density at radius 2 is 2.33 bits per heavy atom. The van der Waals surface area contributed by atoms with E-state index in [0.717, 1.165) is 4.57 Å². The normalized spacial score (nSPS) is 32.3. The van der Waals surface area contributed by atoms with Gasteiger partial charge in [-0.25, -0.2) is 4.79 Å². The van der Waals surface area contributed by atoms with Gasteiger partial charge < -0.3 is 31.1 Å². The number of aromatic nitrogens is 2. The van der Waals surface area contributed by atoms with Gasteiger partial charge in [-0.2, -0.15) is 4.98 Å². The minimum Gasteiger partial charge on any atom is -0.394 e. The van der Waals surface area contributed by atoms with E-state index < -0.39 is 36.3 Å². The molecule has 9 heteroatoms. The largest absolute Gasteiger partial charge is 0.394 e. The van der Waals surface area contributed by atoms with Crippen LogP contribution in [0.15, 0.2) is 17.1 Å². The van der Waals surface area contributed by atoms with Crippen molar-refractivity contribution in [2.45, 2.75) is 31.0 Å². The van der Waals surface area contributed by atoms with E-state index >= 15 is 0 Å². The molecule has 0 bridgehead atoms. The number of rotatable bonds is 5. The Kier molecular flexibility index (Phi) is 4.59. The molecular formula is C12H20N4O5. The van der Waals surface area contributed by atoms with E-state index in [9.17, 15) is 15.0 Å². The molecule has 1 aromatic rings. The maximum absolute atomic E-state index is 12.0. The summed E-state index contributed by atoms with van der Waals surface area (Å²) in [6.45, 7) is 1.74. The van der Waals surface area contributed by atoms with Crippen molar-refractivity contribution < 1.29 is 20.1 Å². The van der Waals surface area contributed by atoms with Gasteiger partial charge in [-0.1, -0.05) is 0 Å². The molecule has 118 valence electrons. The van der Waals surface area contributed by atoms with Gasteiger partial charge in [0.25, 0.3) is 0 Å². The molecular weight excluding hydrogens is 280 g/mol. The Hall–Kier alpha value is -1.52. The third-order valence-electron chi connectivity index (χ3n) is 3.47. The number of hydrogen-bond donors (Lipinski definition) is 5. The predicted octanol–water partition coefficient (Wildman–Crippen LogP) is -2.38. The summed E-state index contributed by atoms with van der Waals surface area (Å²) in [5.74, 6) is 0.360. The highest BCUT2D eigenvalue weighted by Gasteiger charge is 2.53. The zero-order valence-electron chi connectivity index (χ0n) is 11.6. The second kappa shape index (κ2) is 6.08. The van der Waals surface area contributed by atoms with Gasteiger partial charge in [-0.05, 0) is 13.0 Å². The highest BCUT2D eigenvalue weighted by atomic mass is 16.6. The summed E-state index contributed by atoms with van der Waals surface area (Å²) < 4.78 is 6.43. The Balaban J connectivity index is 2.28. The van der Waals surface area contributed by atoms with Crippen molar-refractivity contribution in [3.05, 3.63) is 22.7 Å². The lowest BCUT2D eigenvalue weighted by atomic mass is 9.96.